The van der Waals surface area contributed by atoms with Gasteiger partial charge in [-0.2, -0.15) is 0 Å². The van der Waals surface area contributed by atoms with E-state index in [2.05, 4.69) is 18.7 Å². The van der Waals surface area contributed by atoms with Gasteiger partial charge in [-0.1, -0.05) is 46.0 Å². The quantitative estimate of drug-likeness (QED) is 0.528. The Balaban J connectivity index is 2.73. The summed E-state index contributed by atoms with van der Waals surface area (Å²) in [5.74, 6) is 0.865. The van der Waals surface area contributed by atoms with Crippen molar-refractivity contribution in [1.29, 1.82) is 0 Å². The molecule has 1 saturated carbocycles. The second kappa shape index (κ2) is 10.6. The van der Waals surface area contributed by atoms with Gasteiger partial charge in [0, 0.05) is 31.3 Å². The number of unbranched alkanes of at least 4 members (excludes halogenated alkanes) is 2. The molecule has 3 heteroatoms. The van der Waals surface area contributed by atoms with Gasteiger partial charge in [0.15, 0.2) is 0 Å². The van der Waals surface area contributed by atoms with Crippen LogP contribution in [0, 0.1) is 0 Å². The van der Waals surface area contributed by atoms with Gasteiger partial charge in [-0.25, -0.2) is 0 Å². The summed E-state index contributed by atoms with van der Waals surface area (Å²) < 4.78 is 0. The molecule has 0 radical (unpaired) electrons. The fraction of sp³-hybridized carbons (Fsp3) is 0.778. The van der Waals surface area contributed by atoms with Gasteiger partial charge in [-0.05, 0) is 25.7 Å². The molecule has 0 atom stereocenters. The van der Waals surface area contributed by atoms with Crippen molar-refractivity contribution in [3.63, 3.8) is 0 Å². The lowest BCUT2D eigenvalue weighted by atomic mass is 9.94. The van der Waals surface area contributed by atoms with Crippen molar-refractivity contribution in [2.75, 3.05) is 0 Å². The van der Waals surface area contributed by atoms with E-state index < -0.39 is 0 Å². The molecule has 0 saturated heterocycles. The Morgan fingerprint density at radius 3 is 1.81 bits per heavy atom. The first-order valence-corrected chi connectivity index (χ1v) is 8.74. The van der Waals surface area contributed by atoms with E-state index >= 15 is 0 Å². The smallest absolute Gasteiger partial charge is 0.108 e. The lowest BCUT2D eigenvalue weighted by molar-refractivity contribution is 0.250. The Hall–Kier alpha value is -1.12. The van der Waals surface area contributed by atoms with Crippen LogP contribution in [-0.2, 0) is 0 Å². The molecular formula is C18H33NO2. The maximum atomic E-state index is 10.1. The topological polar surface area (TPSA) is 43.7 Å². The van der Waals surface area contributed by atoms with E-state index in [0.717, 1.165) is 51.4 Å². The van der Waals surface area contributed by atoms with E-state index in [1.807, 2.05) is 12.4 Å². The Kier molecular flexibility index (Phi) is 9.04. The van der Waals surface area contributed by atoms with Gasteiger partial charge in [0.25, 0.3) is 0 Å². The summed E-state index contributed by atoms with van der Waals surface area (Å²) >= 11 is 0. The van der Waals surface area contributed by atoms with Gasteiger partial charge < -0.3 is 15.1 Å². The SMILES string of the molecule is CCCCC(O)=CN(C=C(O)CCCC)C1CCCCC1. The molecule has 3 nitrogen and oxygen atoms in total. The molecule has 0 aromatic rings. The van der Waals surface area contributed by atoms with Crippen LogP contribution in [-0.4, -0.2) is 21.2 Å². The highest BCUT2D eigenvalue weighted by Gasteiger charge is 2.18. The third-order valence-corrected chi connectivity index (χ3v) is 4.17. The van der Waals surface area contributed by atoms with E-state index in [0.29, 0.717) is 17.6 Å². The third-order valence-electron chi connectivity index (χ3n) is 4.17. The zero-order valence-corrected chi connectivity index (χ0v) is 13.9. The Bertz CT molecular complexity index is 306. The predicted molar refractivity (Wildman–Crippen MR) is 89.2 cm³/mol. The second-order valence-corrected chi connectivity index (χ2v) is 6.19. The van der Waals surface area contributed by atoms with Crippen molar-refractivity contribution < 1.29 is 10.2 Å². The van der Waals surface area contributed by atoms with Gasteiger partial charge in [0.1, 0.15) is 11.5 Å². The number of hydrogen-bond acceptors (Lipinski definition) is 3. The van der Waals surface area contributed by atoms with Crippen LogP contribution < -0.4 is 0 Å². The molecule has 0 spiro atoms. The lowest BCUT2D eigenvalue weighted by Crippen LogP contribution is -2.29. The largest absolute Gasteiger partial charge is 0.511 e. The molecule has 0 unspecified atom stereocenters. The minimum Gasteiger partial charge on any atom is -0.511 e. The molecule has 122 valence electrons. The Labute approximate surface area is 130 Å². The minimum absolute atomic E-state index is 0.423. The van der Waals surface area contributed by atoms with E-state index in [1.54, 1.807) is 0 Å². The summed E-state index contributed by atoms with van der Waals surface area (Å²) in [6, 6.07) is 0.423. The van der Waals surface area contributed by atoms with Crippen molar-refractivity contribution in [2.45, 2.75) is 90.5 Å². The van der Waals surface area contributed by atoms with Crippen LogP contribution in [0.15, 0.2) is 23.9 Å². The Morgan fingerprint density at radius 2 is 1.38 bits per heavy atom. The zero-order chi connectivity index (χ0) is 15.5. The summed E-state index contributed by atoms with van der Waals surface area (Å²) in [4.78, 5) is 2.06. The first-order valence-electron chi connectivity index (χ1n) is 8.74. The van der Waals surface area contributed by atoms with Crippen LogP contribution in [0.4, 0.5) is 0 Å². The molecule has 0 aromatic carbocycles. The average Bonchev–Trinajstić information content (AvgIpc) is 2.51. The van der Waals surface area contributed by atoms with Crippen LogP contribution in [0.5, 0.6) is 0 Å². The van der Waals surface area contributed by atoms with E-state index in [1.165, 1.54) is 19.3 Å². The van der Waals surface area contributed by atoms with Crippen molar-refractivity contribution in [2.24, 2.45) is 0 Å². The van der Waals surface area contributed by atoms with E-state index in [9.17, 15) is 10.2 Å². The molecule has 1 fully saturated rings. The summed E-state index contributed by atoms with van der Waals surface area (Å²) in [5.41, 5.74) is 0. The summed E-state index contributed by atoms with van der Waals surface area (Å²) in [6.07, 6.45) is 15.4. The number of nitrogens with zero attached hydrogens (tertiary/aromatic N) is 1. The lowest BCUT2D eigenvalue weighted by Gasteiger charge is -2.31. The first kappa shape index (κ1) is 17.9. The number of rotatable bonds is 9. The van der Waals surface area contributed by atoms with Gasteiger partial charge in [-0.15, -0.1) is 0 Å². The monoisotopic (exact) mass is 295 g/mol. The highest BCUT2D eigenvalue weighted by atomic mass is 16.3. The van der Waals surface area contributed by atoms with E-state index in [-0.39, 0.29) is 0 Å². The van der Waals surface area contributed by atoms with Crippen LogP contribution in [0.2, 0.25) is 0 Å². The van der Waals surface area contributed by atoms with Crippen LogP contribution in [0.3, 0.4) is 0 Å². The molecule has 1 aliphatic rings. The molecule has 0 bridgehead atoms. The van der Waals surface area contributed by atoms with Crippen molar-refractivity contribution >= 4 is 0 Å². The highest BCUT2D eigenvalue weighted by Crippen LogP contribution is 2.25. The maximum Gasteiger partial charge on any atom is 0.108 e. The highest BCUT2D eigenvalue weighted by molar-refractivity contribution is 5.02. The molecule has 1 aliphatic carbocycles. The maximum absolute atomic E-state index is 10.1. The molecule has 0 aromatic heterocycles. The van der Waals surface area contributed by atoms with Gasteiger partial charge in [0.05, 0.1) is 0 Å². The van der Waals surface area contributed by atoms with Crippen LogP contribution in [0.25, 0.3) is 0 Å². The molecule has 2 N–H and O–H groups in total. The fourth-order valence-corrected chi connectivity index (χ4v) is 2.82. The average molecular weight is 295 g/mol. The number of allylic oxidation sites excluding steroid dienone is 2. The number of aliphatic hydroxyl groups excluding tert-OH is 2. The fourth-order valence-electron chi connectivity index (χ4n) is 2.82. The van der Waals surface area contributed by atoms with Gasteiger partial charge >= 0.3 is 0 Å². The van der Waals surface area contributed by atoms with Gasteiger partial charge in [0.2, 0.25) is 0 Å². The standard InChI is InChI=1S/C18H33NO2/c1-3-5-12-17(20)14-19(15-18(21)13-6-4-2)16-10-8-7-9-11-16/h14-16,20-21H,3-13H2,1-2H3. The minimum atomic E-state index is 0.423. The second-order valence-electron chi connectivity index (χ2n) is 6.19. The van der Waals surface area contributed by atoms with Crippen molar-refractivity contribution in [3.8, 4) is 0 Å². The van der Waals surface area contributed by atoms with Crippen LogP contribution in [0.1, 0.15) is 84.5 Å². The summed E-state index contributed by atoms with van der Waals surface area (Å²) in [6.45, 7) is 4.26. The van der Waals surface area contributed by atoms with E-state index in [4.69, 9.17) is 0 Å². The molecule has 0 aliphatic heterocycles. The summed E-state index contributed by atoms with van der Waals surface area (Å²) in [7, 11) is 0. The molecule has 21 heavy (non-hydrogen) atoms. The number of hydrogen-bond donors (Lipinski definition) is 2. The molecule has 0 heterocycles. The van der Waals surface area contributed by atoms with Crippen molar-refractivity contribution in [1.82, 2.24) is 4.90 Å². The molecule has 1 rings (SSSR count). The molecule has 0 amide bonds. The van der Waals surface area contributed by atoms with Crippen LogP contribution >= 0.6 is 0 Å². The third kappa shape index (κ3) is 7.45. The van der Waals surface area contributed by atoms with Gasteiger partial charge in [-0.3, -0.25) is 0 Å². The number of aliphatic hydroxyl groups is 2. The molecular weight excluding hydrogens is 262 g/mol. The normalized spacial score (nSPS) is 18.0. The zero-order valence-electron chi connectivity index (χ0n) is 13.9. The predicted octanol–water partition coefficient (Wildman–Crippen LogP) is 5.80. The first-order chi connectivity index (χ1) is 10.2. The summed E-state index contributed by atoms with van der Waals surface area (Å²) in [5, 5.41) is 20.2. The Morgan fingerprint density at radius 1 is 0.905 bits per heavy atom. The van der Waals surface area contributed by atoms with Crippen molar-refractivity contribution in [3.05, 3.63) is 23.9 Å².